The molecule has 9 heteroatoms. The minimum atomic E-state index is -0.132. The molecule has 2 N–H and O–H groups in total. The summed E-state index contributed by atoms with van der Waals surface area (Å²) in [6.45, 7) is 4.89. The number of ether oxygens (including phenoxy) is 1. The Morgan fingerprint density at radius 1 is 1.09 bits per heavy atom. The molecule has 5 rings (SSSR count). The number of carbonyl (C=O) groups is 1. The fourth-order valence-electron chi connectivity index (χ4n) is 3.72. The molecule has 1 aliphatic heterocycles. The van der Waals surface area contributed by atoms with Gasteiger partial charge in [-0.1, -0.05) is 12.1 Å². The predicted octanol–water partition coefficient (Wildman–Crippen LogP) is 2.74. The largest absolute Gasteiger partial charge is 0.378 e. The molecule has 0 saturated carbocycles. The first-order chi connectivity index (χ1) is 15.7. The molecule has 0 radical (unpaired) electrons. The van der Waals surface area contributed by atoms with Gasteiger partial charge in [0.25, 0.3) is 0 Å². The topological polar surface area (TPSA) is 109 Å². The minimum Gasteiger partial charge on any atom is -0.378 e. The van der Waals surface area contributed by atoms with Gasteiger partial charge in [-0.05, 0) is 30.7 Å². The average molecular weight is 429 g/mol. The van der Waals surface area contributed by atoms with Crippen molar-refractivity contribution in [2.45, 2.75) is 13.3 Å². The molecule has 1 amide bonds. The van der Waals surface area contributed by atoms with Crippen LogP contribution in [-0.4, -0.2) is 57.1 Å². The van der Waals surface area contributed by atoms with E-state index in [1.165, 1.54) is 0 Å². The second kappa shape index (κ2) is 8.72. The fraction of sp³-hybridized carbons (Fsp3) is 0.261. The highest BCUT2D eigenvalue weighted by molar-refractivity contribution is 5.93. The number of hydrogen-bond donors (Lipinski definition) is 2. The molecule has 1 aromatic carbocycles. The number of rotatable bonds is 5. The number of nitrogens with one attached hydrogen (secondary N) is 2. The number of fused-ring (bicyclic) bond motifs is 1. The Morgan fingerprint density at radius 2 is 1.91 bits per heavy atom. The van der Waals surface area contributed by atoms with Crippen LogP contribution in [0.2, 0.25) is 0 Å². The zero-order valence-electron chi connectivity index (χ0n) is 17.7. The molecular formula is C23H23N7O2. The van der Waals surface area contributed by atoms with Gasteiger partial charge in [0.2, 0.25) is 5.91 Å². The van der Waals surface area contributed by atoms with Crippen LogP contribution < -0.4 is 10.2 Å². The third kappa shape index (κ3) is 4.28. The number of anilines is 2. The number of amides is 1. The number of nitrogens with zero attached hydrogens (tertiary/aromatic N) is 5. The van der Waals surface area contributed by atoms with Crippen LogP contribution in [0.3, 0.4) is 0 Å². The van der Waals surface area contributed by atoms with Gasteiger partial charge in [0, 0.05) is 36.9 Å². The monoisotopic (exact) mass is 429 g/mol. The summed E-state index contributed by atoms with van der Waals surface area (Å²) in [5.74, 6) is 0.788. The first-order valence-corrected chi connectivity index (χ1v) is 10.5. The van der Waals surface area contributed by atoms with Crippen LogP contribution >= 0.6 is 0 Å². The molecule has 0 aliphatic carbocycles. The highest BCUT2D eigenvalue weighted by atomic mass is 16.5. The summed E-state index contributed by atoms with van der Waals surface area (Å²) in [5, 5.41) is 3.89. The number of aromatic amines is 1. The number of H-pyrrole nitrogens is 1. The summed E-state index contributed by atoms with van der Waals surface area (Å²) >= 11 is 0. The fourth-order valence-corrected chi connectivity index (χ4v) is 3.72. The van der Waals surface area contributed by atoms with E-state index in [4.69, 9.17) is 4.74 Å². The molecule has 9 nitrogen and oxygen atoms in total. The van der Waals surface area contributed by atoms with E-state index in [2.05, 4.69) is 41.2 Å². The number of hydrogen-bond acceptors (Lipinski definition) is 7. The third-order valence-corrected chi connectivity index (χ3v) is 5.37. The Kier molecular flexibility index (Phi) is 5.47. The van der Waals surface area contributed by atoms with Crippen molar-refractivity contribution in [3.63, 3.8) is 0 Å². The van der Waals surface area contributed by atoms with Crippen LogP contribution in [0.4, 0.5) is 11.5 Å². The number of aromatic nitrogens is 5. The van der Waals surface area contributed by atoms with Crippen molar-refractivity contribution in [3.8, 4) is 11.3 Å². The molecule has 3 aromatic heterocycles. The molecule has 0 spiro atoms. The van der Waals surface area contributed by atoms with E-state index in [0.717, 1.165) is 52.6 Å². The lowest BCUT2D eigenvalue weighted by Crippen LogP contribution is -2.36. The number of morpholine rings is 1. The SMILES string of the molecule is Cc1cnc(CC(=O)Nc2ccc(-c3cc4c(N5CCOCC5)ncnc4[nH]3)cc2)cn1. The van der Waals surface area contributed by atoms with Gasteiger partial charge in [0.1, 0.15) is 17.8 Å². The van der Waals surface area contributed by atoms with Crippen LogP contribution in [-0.2, 0) is 16.0 Å². The number of benzene rings is 1. The maximum Gasteiger partial charge on any atom is 0.230 e. The Labute approximate surface area is 184 Å². The van der Waals surface area contributed by atoms with Crippen molar-refractivity contribution >= 4 is 28.4 Å². The lowest BCUT2D eigenvalue weighted by molar-refractivity contribution is -0.115. The van der Waals surface area contributed by atoms with Crippen molar-refractivity contribution < 1.29 is 9.53 Å². The molecule has 4 aromatic rings. The lowest BCUT2D eigenvalue weighted by atomic mass is 10.1. The molecule has 162 valence electrons. The smallest absolute Gasteiger partial charge is 0.230 e. The lowest BCUT2D eigenvalue weighted by Gasteiger charge is -2.27. The first kappa shape index (κ1) is 20.1. The van der Waals surface area contributed by atoms with E-state index in [-0.39, 0.29) is 12.3 Å². The van der Waals surface area contributed by atoms with E-state index >= 15 is 0 Å². The van der Waals surface area contributed by atoms with Gasteiger partial charge in [0.05, 0.1) is 36.4 Å². The molecule has 0 atom stereocenters. The van der Waals surface area contributed by atoms with Crippen molar-refractivity contribution in [1.29, 1.82) is 0 Å². The van der Waals surface area contributed by atoms with Crippen LogP contribution in [0.25, 0.3) is 22.3 Å². The summed E-state index contributed by atoms with van der Waals surface area (Å²) in [5.41, 5.74) is 4.93. The second-order valence-electron chi connectivity index (χ2n) is 7.69. The predicted molar refractivity (Wildman–Crippen MR) is 121 cm³/mol. The highest BCUT2D eigenvalue weighted by Gasteiger charge is 2.17. The van der Waals surface area contributed by atoms with Gasteiger partial charge < -0.3 is 19.9 Å². The van der Waals surface area contributed by atoms with Gasteiger partial charge in [-0.2, -0.15) is 0 Å². The van der Waals surface area contributed by atoms with Gasteiger partial charge in [-0.3, -0.25) is 14.8 Å². The second-order valence-corrected chi connectivity index (χ2v) is 7.69. The van der Waals surface area contributed by atoms with Crippen molar-refractivity contribution in [3.05, 3.63) is 60.4 Å². The van der Waals surface area contributed by atoms with Gasteiger partial charge in [-0.25, -0.2) is 9.97 Å². The summed E-state index contributed by atoms with van der Waals surface area (Å²) in [7, 11) is 0. The van der Waals surface area contributed by atoms with E-state index in [1.54, 1.807) is 18.7 Å². The van der Waals surface area contributed by atoms with Crippen LogP contribution in [0.5, 0.6) is 0 Å². The quantitative estimate of drug-likeness (QED) is 0.502. The molecule has 0 unspecified atom stereocenters. The Bertz CT molecular complexity index is 1230. The summed E-state index contributed by atoms with van der Waals surface area (Å²) in [6, 6.07) is 9.77. The van der Waals surface area contributed by atoms with Crippen LogP contribution in [0.15, 0.2) is 49.1 Å². The van der Waals surface area contributed by atoms with Crippen molar-refractivity contribution in [2.24, 2.45) is 0 Å². The van der Waals surface area contributed by atoms with Crippen LogP contribution in [0.1, 0.15) is 11.4 Å². The van der Waals surface area contributed by atoms with Gasteiger partial charge in [0.15, 0.2) is 0 Å². The summed E-state index contributed by atoms with van der Waals surface area (Å²) < 4.78 is 5.45. The summed E-state index contributed by atoms with van der Waals surface area (Å²) in [6.07, 6.45) is 5.05. The van der Waals surface area contributed by atoms with Crippen molar-refractivity contribution in [1.82, 2.24) is 24.9 Å². The van der Waals surface area contributed by atoms with E-state index < -0.39 is 0 Å². The molecule has 1 saturated heterocycles. The zero-order chi connectivity index (χ0) is 21.9. The number of carbonyl (C=O) groups excluding carboxylic acids is 1. The molecular weight excluding hydrogens is 406 g/mol. The molecule has 0 bridgehead atoms. The molecule has 1 aliphatic rings. The first-order valence-electron chi connectivity index (χ1n) is 10.5. The Morgan fingerprint density at radius 3 is 2.66 bits per heavy atom. The average Bonchev–Trinajstić information content (AvgIpc) is 3.26. The molecule has 32 heavy (non-hydrogen) atoms. The molecule has 4 heterocycles. The van der Waals surface area contributed by atoms with E-state index in [9.17, 15) is 4.79 Å². The Balaban J connectivity index is 1.31. The van der Waals surface area contributed by atoms with E-state index in [1.807, 2.05) is 31.2 Å². The maximum absolute atomic E-state index is 12.3. The minimum absolute atomic E-state index is 0.132. The van der Waals surface area contributed by atoms with Crippen molar-refractivity contribution in [2.75, 3.05) is 36.5 Å². The standard InChI is InChI=1S/C23H23N7O2/c1-15-12-25-18(13-24-15)10-21(31)28-17-4-2-16(3-5-17)20-11-19-22(29-20)26-14-27-23(19)30-6-8-32-9-7-30/h2-5,11-14H,6-10H2,1H3,(H,28,31)(H,26,27,29). The maximum atomic E-state index is 12.3. The normalized spacial score (nSPS) is 14.0. The summed E-state index contributed by atoms with van der Waals surface area (Å²) in [4.78, 5) is 35.2. The Hall–Kier alpha value is -3.85. The zero-order valence-corrected chi connectivity index (χ0v) is 17.7. The van der Waals surface area contributed by atoms with E-state index in [0.29, 0.717) is 18.9 Å². The van der Waals surface area contributed by atoms with Gasteiger partial charge in [-0.15, -0.1) is 0 Å². The third-order valence-electron chi connectivity index (χ3n) is 5.37. The highest BCUT2D eigenvalue weighted by Crippen LogP contribution is 2.29. The van der Waals surface area contributed by atoms with Crippen LogP contribution in [0, 0.1) is 6.92 Å². The number of aryl methyl sites for hydroxylation is 1. The van der Waals surface area contributed by atoms with Gasteiger partial charge >= 0.3 is 0 Å². The molecule has 1 fully saturated rings.